The van der Waals surface area contributed by atoms with Gasteiger partial charge in [-0.2, -0.15) is 0 Å². The van der Waals surface area contributed by atoms with Gasteiger partial charge < -0.3 is 16.0 Å². The lowest BCUT2D eigenvalue weighted by atomic mass is 10.1. The maximum absolute atomic E-state index is 12.9. The van der Waals surface area contributed by atoms with Crippen molar-refractivity contribution >= 4 is 46.2 Å². The molecule has 0 fully saturated rings. The molecule has 0 saturated heterocycles. The number of carbonyl (C=O) groups excluding carboxylic acids is 2. The summed E-state index contributed by atoms with van der Waals surface area (Å²) in [5, 5.41) is 9.52. The van der Waals surface area contributed by atoms with Crippen LogP contribution in [0.25, 0.3) is 0 Å². The van der Waals surface area contributed by atoms with Gasteiger partial charge in [0, 0.05) is 27.6 Å². The van der Waals surface area contributed by atoms with Gasteiger partial charge in [0.05, 0.1) is 11.3 Å². The number of benzene rings is 4. The first kappa shape index (κ1) is 21.2. The average molecular weight is 442 g/mol. The monoisotopic (exact) mass is 441 g/mol. The van der Waals surface area contributed by atoms with Crippen LogP contribution in [-0.2, 0) is 0 Å². The molecule has 32 heavy (non-hydrogen) atoms. The zero-order valence-electron chi connectivity index (χ0n) is 17.0. The highest BCUT2D eigenvalue weighted by Gasteiger charge is 2.14. The summed E-state index contributed by atoms with van der Waals surface area (Å²) in [7, 11) is 0. The fraction of sp³-hybridized carbons (Fsp3) is 0. The quantitative estimate of drug-likeness (QED) is 0.316. The average Bonchev–Trinajstić information content (AvgIpc) is 2.82. The molecule has 5 nitrogen and oxygen atoms in total. The molecule has 0 spiro atoms. The number of hydrogen-bond donors (Lipinski definition) is 3. The van der Waals surface area contributed by atoms with E-state index in [2.05, 4.69) is 16.0 Å². The predicted molar refractivity (Wildman–Crippen MR) is 130 cm³/mol. The lowest BCUT2D eigenvalue weighted by molar-refractivity contribution is 0.102. The highest BCUT2D eigenvalue weighted by Crippen LogP contribution is 2.21. The van der Waals surface area contributed by atoms with Gasteiger partial charge in [-0.15, -0.1) is 0 Å². The second-order valence-corrected chi connectivity index (χ2v) is 7.47. The second-order valence-electron chi connectivity index (χ2n) is 7.03. The lowest BCUT2D eigenvalue weighted by Crippen LogP contribution is -2.18. The van der Waals surface area contributed by atoms with E-state index in [-0.39, 0.29) is 11.8 Å². The van der Waals surface area contributed by atoms with Gasteiger partial charge in [0.1, 0.15) is 0 Å². The van der Waals surface area contributed by atoms with Crippen molar-refractivity contribution in [1.29, 1.82) is 0 Å². The fourth-order valence-electron chi connectivity index (χ4n) is 3.11. The molecule has 0 saturated carbocycles. The van der Waals surface area contributed by atoms with E-state index >= 15 is 0 Å². The molecule has 0 aliphatic heterocycles. The van der Waals surface area contributed by atoms with Crippen LogP contribution in [0.15, 0.2) is 103 Å². The number of carbonyl (C=O) groups is 2. The molecule has 0 atom stereocenters. The Kier molecular flexibility index (Phi) is 6.49. The van der Waals surface area contributed by atoms with Crippen LogP contribution in [0.5, 0.6) is 0 Å². The van der Waals surface area contributed by atoms with E-state index in [1.807, 2.05) is 54.6 Å². The topological polar surface area (TPSA) is 70.2 Å². The van der Waals surface area contributed by atoms with Crippen molar-refractivity contribution < 1.29 is 9.59 Å². The third-order valence-corrected chi connectivity index (χ3v) is 4.98. The molecule has 4 rings (SSSR count). The van der Waals surface area contributed by atoms with Gasteiger partial charge in [-0.25, -0.2) is 0 Å². The van der Waals surface area contributed by atoms with Crippen LogP contribution in [0.4, 0.5) is 22.7 Å². The van der Waals surface area contributed by atoms with Crippen LogP contribution in [0.3, 0.4) is 0 Å². The molecule has 0 bridgehead atoms. The van der Waals surface area contributed by atoms with E-state index in [1.165, 1.54) is 0 Å². The van der Waals surface area contributed by atoms with Crippen LogP contribution < -0.4 is 16.0 Å². The fourth-order valence-corrected chi connectivity index (χ4v) is 3.24. The molecule has 0 aromatic heterocycles. The van der Waals surface area contributed by atoms with Crippen molar-refractivity contribution in [2.75, 3.05) is 16.0 Å². The molecule has 0 aliphatic rings. The number of nitrogens with one attached hydrogen (secondary N) is 3. The summed E-state index contributed by atoms with van der Waals surface area (Å²) in [4.78, 5) is 25.4. The number of rotatable bonds is 6. The van der Waals surface area contributed by atoms with Crippen molar-refractivity contribution in [2.45, 2.75) is 0 Å². The van der Waals surface area contributed by atoms with Gasteiger partial charge in [-0.1, -0.05) is 41.9 Å². The third-order valence-electron chi connectivity index (χ3n) is 4.73. The number of halogens is 1. The standard InChI is InChI=1S/C26H20ClN3O2/c27-19-12-10-18(11-13-19)25(31)30-24-9-5-4-8-23(24)26(32)29-22-16-14-21(15-17-22)28-20-6-2-1-3-7-20/h1-17,28H,(H,29,32)(H,30,31). The van der Waals surface area contributed by atoms with E-state index in [1.54, 1.807) is 48.5 Å². The summed E-state index contributed by atoms with van der Waals surface area (Å²) in [6, 6.07) is 30.7. The van der Waals surface area contributed by atoms with Crippen LogP contribution in [0.1, 0.15) is 20.7 Å². The molecular formula is C26H20ClN3O2. The van der Waals surface area contributed by atoms with E-state index in [0.717, 1.165) is 11.4 Å². The van der Waals surface area contributed by atoms with E-state index in [0.29, 0.717) is 27.5 Å². The van der Waals surface area contributed by atoms with Gasteiger partial charge in [-0.05, 0) is 72.8 Å². The first-order valence-corrected chi connectivity index (χ1v) is 10.4. The Bertz CT molecular complexity index is 1220. The molecule has 158 valence electrons. The molecule has 0 radical (unpaired) electrons. The van der Waals surface area contributed by atoms with E-state index in [4.69, 9.17) is 11.6 Å². The maximum Gasteiger partial charge on any atom is 0.257 e. The maximum atomic E-state index is 12.9. The first-order chi connectivity index (χ1) is 15.6. The molecular weight excluding hydrogens is 422 g/mol. The molecule has 4 aromatic carbocycles. The molecule has 6 heteroatoms. The van der Waals surface area contributed by atoms with Crippen molar-refractivity contribution in [1.82, 2.24) is 0 Å². The minimum Gasteiger partial charge on any atom is -0.356 e. The summed E-state index contributed by atoms with van der Waals surface area (Å²) in [6.45, 7) is 0. The van der Waals surface area contributed by atoms with Crippen LogP contribution in [-0.4, -0.2) is 11.8 Å². The molecule has 4 aromatic rings. The number of hydrogen-bond acceptors (Lipinski definition) is 3. The SMILES string of the molecule is O=C(Nc1ccccc1C(=O)Nc1ccc(Nc2ccccc2)cc1)c1ccc(Cl)cc1. The molecule has 0 heterocycles. The number of para-hydroxylation sites is 2. The van der Waals surface area contributed by atoms with E-state index in [9.17, 15) is 9.59 Å². The summed E-state index contributed by atoms with van der Waals surface area (Å²) in [5.41, 5.74) is 3.77. The molecule has 0 unspecified atom stereocenters. The van der Waals surface area contributed by atoms with E-state index < -0.39 is 0 Å². The van der Waals surface area contributed by atoms with Gasteiger partial charge in [0.15, 0.2) is 0 Å². The minimum atomic E-state index is -0.321. The number of amides is 2. The predicted octanol–water partition coefficient (Wildman–Crippen LogP) is 6.59. The Morgan fingerprint density at radius 3 is 1.88 bits per heavy atom. The Morgan fingerprint density at radius 2 is 1.16 bits per heavy atom. The Hall–Kier alpha value is -4.09. The minimum absolute atomic E-state index is 0.319. The Labute approximate surface area is 191 Å². The zero-order valence-corrected chi connectivity index (χ0v) is 17.8. The first-order valence-electron chi connectivity index (χ1n) is 9.98. The van der Waals surface area contributed by atoms with Crippen molar-refractivity contribution in [3.05, 3.63) is 119 Å². The van der Waals surface area contributed by atoms with Gasteiger partial charge >= 0.3 is 0 Å². The normalized spacial score (nSPS) is 10.3. The lowest BCUT2D eigenvalue weighted by Gasteiger charge is -2.12. The summed E-state index contributed by atoms with van der Waals surface area (Å²) in [6.07, 6.45) is 0. The summed E-state index contributed by atoms with van der Waals surface area (Å²) >= 11 is 5.88. The van der Waals surface area contributed by atoms with Gasteiger partial charge in [0.25, 0.3) is 11.8 Å². The van der Waals surface area contributed by atoms with Crippen LogP contribution in [0, 0.1) is 0 Å². The smallest absolute Gasteiger partial charge is 0.257 e. The summed E-state index contributed by atoms with van der Waals surface area (Å²) in [5.74, 6) is -0.640. The number of anilines is 4. The molecule has 0 aliphatic carbocycles. The third kappa shape index (κ3) is 5.33. The van der Waals surface area contributed by atoms with Crippen LogP contribution in [0.2, 0.25) is 5.02 Å². The summed E-state index contributed by atoms with van der Waals surface area (Å²) < 4.78 is 0. The molecule has 2 amide bonds. The highest BCUT2D eigenvalue weighted by atomic mass is 35.5. The Balaban J connectivity index is 1.44. The largest absolute Gasteiger partial charge is 0.356 e. The van der Waals surface area contributed by atoms with Crippen molar-refractivity contribution in [2.24, 2.45) is 0 Å². The highest BCUT2D eigenvalue weighted by molar-refractivity contribution is 6.30. The Morgan fingerprint density at radius 1 is 0.562 bits per heavy atom. The second kappa shape index (κ2) is 9.81. The van der Waals surface area contributed by atoms with Gasteiger partial charge in [-0.3, -0.25) is 9.59 Å². The van der Waals surface area contributed by atoms with Crippen molar-refractivity contribution in [3.8, 4) is 0 Å². The van der Waals surface area contributed by atoms with Crippen molar-refractivity contribution in [3.63, 3.8) is 0 Å². The van der Waals surface area contributed by atoms with Crippen LogP contribution >= 0.6 is 11.6 Å². The molecule has 3 N–H and O–H groups in total. The zero-order chi connectivity index (χ0) is 22.3. The van der Waals surface area contributed by atoms with Gasteiger partial charge in [0.2, 0.25) is 0 Å².